The van der Waals surface area contributed by atoms with E-state index in [1.165, 1.54) is 13.2 Å². The SMILES string of the molecule is COc1ccc(CC(NN)c2ccc(OC)cc2F)cc1. The Morgan fingerprint density at radius 1 is 1.05 bits per heavy atom. The lowest BCUT2D eigenvalue weighted by molar-refractivity contribution is 0.409. The average Bonchev–Trinajstić information content (AvgIpc) is 2.53. The van der Waals surface area contributed by atoms with Gasteiger partial charge in [0.05, 0.1) is 20.3 Å². The highest BCUT2D eigenvalue weighted by molar-refractivity contribution is 5.33. The van der Waals surface area contributed by atoms with E-state index in [0.29, 0.717) is 17.7 Å². The molecule has 0 aliphatic heterocycles. The molecule has 0 heterocycles. The lowest BCUT2D eigenvalue weighted by Crippen LogP contribution is -2.30. The minimum Gasteiger partial charge on any atom is -0.497 e. The van der Waals surface area contributed by atoms with Crippen molar-refractivity contribution in [3.63, 3.8) is 0 Å². The third kappa shape index (κ3) is 3.71. The van der Waals surface area contributed by atoms with Gasteiger partial charge in [-0.2, -0.15) is 0 Å². The van der Waals surface area contributed by atoms with Crippen LogP contribution in [0.4, 0.5) is 4.39 Å². The summed E-state index contributed by atoms with van der Waals surface area (Å²) in [6.07, 6.45) is 0.573. The second-order valence-corrected chi connectivity index (χ2v) is 4.66. The highest BCUT2D eigenvalue weighted by Crippen LogP contribution is 2.25. The van der Waals surface area contributed by atoms with Gasteiger partial charge in [0, 0.05) is 11.6 Å². The molecule has 0 amide bonds. The Bertz CT molecular complexity index is 587. The van der Waals surface area contributed by atoms with Crippen LogP contribution >= 0.6 is 0 Å². The number of nitrogens with one attached hydrogen (secondary N) is 1. The van der Waals surface area contributed by atoms with E-state index in [9.17, 15) is 4.39 Å². The van der Waals surface area contributed by atoms with Crippen LogP contribution in [0.15, 0.2) is 42.5 Å². The van der Waals surface area contributed by atoms with Crippen LogP contribution in [0.25, 0.3) is 0 Å². The van der Waals surface area contributed by atoms with Gasteiger partial charge in [-0.1, -0.05) is 18.2 Å². The van der Waals surface area contributed by atoms with E-state index in [-0.39, 0.29) is 11.9 Å². The normalized spacial score (nSPS) is 12.0. The molecule has 1 atom stereocenters. The van der Waals surface area contributed by atoms with Crippen LogP contribution in [0.3, 0.4) is 0 Å². The Morgan fingerprint density at radius 3 is 2.19 bits per heavy atom. The predicted octanol–water partition coefficient (Wildman–Crippen LogP) is 2.59. The fraction of sp³-hybridized carbons (Fsp3) is 0.250. The Labute approximate surface area is 123 Å². The molecule has 4 nitrogen and oxygen atoms in total. The molecule has 2 aromatic carbocycles. The first-order valence-electron chi connectivity index (χ1n) is 6.60. The summed E-state index contributed by atoms with van der Waals surface area (Å²) in [5.41, 5.74) is 4.21. The maximum Gasteiger partial charge on any atom is 0.131 e. The number of methoxy groups -OCH3 is 2. The van der Waals surface area contributed by atoms with E-state index in [2.05, 4.69) is 5.43 Å². The van der Waals surface area contributed by atoms with Gasteiger partial charge < -0.3 is 9.47 Å². The topological polar surface area (TPSA) is 56.5 Å². The first kappa shape index (κ1) is 15.3. The second kappa shape index (κ2) is 7.06. The van der Waals surface area contributed by atoms with E-state index in [1.54, 1.807) is 19.2 Å². The number of rotatable bonds is 6. The summed E-state index contributed by atoms with van der Waals surface area (Å²) in [7, 11) is 3.12. The molecule has 0 aromatic heterocycles. The first-order chi connectivity index (χ1) is 10.2. The van der Waals surface area contributed by atoms with Crippen molar-refractivity contribution in [2.45, 2.75) is 12.5 Å². The minimum absolute atomic E-state index is 0.315. The van der Waals surface area contributed by atoms with E-state index in [4.69, 9.17) is 15.3 Å². The summed E-state index contributed by atoms with van der Waals surface area (Å²) in [5, 5.41) is 0. The summed E-state index contributed by atoms with van der Waals surface area (Å²) in [6.45, 7) is 0. The fourth-order valence-corrected chi connectivity index (χ4v) is 2.17. The molecule has 0 spiro atoms. The molecule has 3 N–H and O–H groups in total. The van der Waals surface area contributed by atoms with Crippen LogP contribution in [-0.4, -0.2) is 14.2 Å². The molecule has 112 valence electrons. The van der Waals surface area contributed by atoms with Crippen LogP contribution in [0, 0.1) is 5.82 Å². The van der Waals surface area contributed by atoms with Gasteiger partial charge in [0.2, 0.25) is 0 Å². The second-order valence-electron chi connectivity index (χ2n) is 4.66. The highest BCUT2D eigenvalue weighted by Gasteiger charge is 2.15. The van der Waals surface area contributed by atoms with Crippen LogP contribution in [0.2, 0.25) is 0 Å². The Hall–Kier alpha value is -2.11. The molecule has 0 saturated carbocycles. The zero-order valence-electron chi connectivity index (χ0n) is 12.1. The van der Waals surface area contributed by atoms with Crippen molar-refractivity contribution >= 4 is 0 Å². The van der Waals surface area contributed by atoms with Gasteiger partial charge in [0.1, 0.15) is 17.3 Å². The standard InChI is InChI=1S/C16H19FN2O2/c1-20-12-5-3-11(4-6-12)9-16(19-18)14-8-7-13(21-2)10-15(14)17/h3-8,10,16,19H,9,18H2,1-2H3. The van der Waals surface area contributed by atoms with Gasteiger partial charge in [-0.05, 0) is 30.2 Å². The van der Waals surface area contributed by atoms with Crippen molar-refractivity contribution in [1.29, 1.82) is 0 Å². The number of hydrazine groups is 1. The smallest absolute Gasteiger partial charge is 0.131 e. The molecule has 0 aliphatic carbocycles. The van der Waals surface area contributed by atoms with Crippen LogP contribution in [0.5, 0.6) is 11.5 Å². The molecule has 1 unspecified atom stereocenters. The summed E-state index contributed by atoms with van der Waals surface area (Å²) in [6, 6.07) is 12.0. The van der Waals surface area contributed by atoms with Crippen LogP contribution in [-0.2, 0) is 6.42 Å². The summed E-state index contributed by atoms with van der Waals surface area (Å²) < 4.78 is 24.2. The predicted molar refractivity (Wildman–Crippen MR) is 79.7 cm³/mol. The monoisotopic (exact) mass is 290 g/mol. The molecule has 5 heteroatoms. The zero-order valence-corrected chi connectivity index (χ0v) is 12.1. The van der Waals surface area contributed by atoms with E-state index < -0.39 is 0 Å². The van der Waals surface area contributed by atoms with E-state index >= 15 is 0 Å². The molecular weight excluding hydrogens is 271 g/mol. The Balaban J connectivity index is 2.18. The van der Waals surface area contributed by atoms with Crippen LogP contribution < -0.4 is 20.7 Å². The Kier molecular flexibility index (Phi) is 5.14. The quantitative estimate of drug-likeness (QED) is 0.634. The molecule has 0 radical (unpaired) electrons. The van der Waals surface area contributed by atoms with Crippen molar-refractivity contribution in [2.24, 2.45) is 5.84 Å². The van der Waals surface area contributed by atoms with Crippen molar-refractivity contribution < 1.29 is 13.9 Å². The number of hydrogen-bond acceptors (Lipinski definition) is 4. The molecule has 0 fully saturated rings. The third-order valence-electron chi connectivity index (χ3n) is 3.38. The number of benzene rings is 2. The zero-order chi connectivity index (χ0) is 15.2. The molecule has 21 heavy (non-hydrogen) atoms. The highest BCUT2D eigenvalue weighted by atomic mass is 19.1. The summed E-state index contributed by atoms with van der Waals surface area (Å²) in [4.78, 5) is 0. The van der Waals surface area contributed by atoms with Gasteiger partial charge in [-0.15, -0.1) is 0 Å². The van der Waals surface area contributed by atoms with Crippen molar-refractivity contribution in [2.75, 3.05) is 14.2 Å². The van der Waals surface area contributed by atoms with Crippen molar-refractivity contribution in [1.82, 2.24) is 5.43 Å². The largest absolute Gasteiger partial charge is 0.497 e. The molecule has 2 aromatic rings. The fourth-order valence-electron chi connectivity index (χ4n) is 2.17. The lowest BCUT2D eigenvalue weighted by Gasteiger charge is -2.18. The van der Waals surface area contributed by atoms with Gasteiger partial charge in [0.25, 0.3) is 0 Å². The van der Waals surface area contributed by atoms with E-state index in [0.717, 1.165) is 11.3 Å². The average molecular weight is 290 g/mol. The summed E-state index contributed by atoms with van der Waals surface area (Å²) in [5.74, 6) is 6.50. The molecule has 0 bridgehead atoms. The van der Waals surface area contributed by atoms with Gasteiger partial charge in [0.15, 0.2) is 0 Å². The van der Waals surface area contributed by atoms with Gasteiger partial charge >= 0.3 is 0 Å². The third-order valence-corrected chi connectivity index (χ3v) is 3.38. The Morgan fingerprint density at radius 2 is 1.67 bits per heavy atom. The number of ether oxygens (including phenoxy) is 2. The maximum absolute atomic E-state index is 14.1. The summed E-state index contributed by atoms with van der Waals surface area (Å²) >= 11 is 0. The maximum atomic E-state index is 14.1. The first-order valence-corrected chi connectivity index (χ1v) is 6.60. The van der Waals surface area contributed by atoms with Crippen molar-refractivity contribution in [3.05, 3.63) is 59.4 Å². The number of halogens is 1. The van der Waals surface area contributed by atoms with Crippen molar-refractivity contribution in [3.8, 4) is 11.5 Å². The minimum atomic E-state index is -0.342. The lowest BCUT2D eigenvalue weighted by atomic mass is 9.98. The van der Waals surface area contributed by atoms with E-state index in [1.807, 2.05) is 24.3 Å². The number of nitrogens with two attached hydrogens (primary N) is 1. The number of hydrogen-bond donors (Lipinski definition) is 2. The van der Waals surface area contributed by atoms with Crippen LogP contribution in [0.1, 0.15) is 17.2 Å². The molecule has 0 saturated heterocycles. The molecule has 0 aliphatic rings. The van der Waals surface area contributed by atoms with Gasteiger partial charge in [-0.3, -0.25) is 11.3 Å². The molecular formula is C16H19FN2O2. The molecule has 2 rings (SSSR count). The van der Waals surface area contributed by atoms with Gasteiger partial charge in [-0.25, -0.2) is 4.39 Å².